The first kappa shape index (κ1) is 13.0. The normalized spacial score (nSPS) is 9.59. The van der Waals surface area contributed by atoms with Gasteiger partial charge < -0.3 is 10.1 Å². The second kappa shape index (κ2) is 5.30. The lowest BCUT2D eigenvalue weighted by Gasteiger charge is -2.01. The molecule has 0 atom stereocenters. The van der Waals surface area contributed by atoms with Gasteiger partial charge in [-0.15, -0.1) is 0 Å². The Morgan fingerprint density at radius 1 is 1.41 bits per heavy atom. The van der Waals surface area contributed by atoms with E-state index in [1.807, 2.05) is 26.8 Å². The molecule has 0 amide bonds. The molecule has 0 aliphatic rings. The molecule has 0 saturated carbocycles. The SMILES string of the molecule is C=C(O)c1nc2ccc(C)cc2c(=O)[nH]1.CC. The number of benzene rings is 1. The number of aromatic amines is 1. The summed E-state index contributed by atoms with van der Waals surface area (Å²) in [6.07, 6.45) is 0. The number of H-pyrrole nitrogens is 1. The number of hydrogen-bond acceptors (Lipinski definition) is 3. The highest BCUT2D eigenvalue weighted by molar-refractivity contribution is 5.79. The molecule has 0 spiro atoms. The minimum Gasteiger partial charge on any atom is -0.505 e. The average Bonchev–Trinajstić information content (AvgIpc) is 2.32. The lowest BCUT2D eigenvalue weighted by Crippen LogP contribution is -2.11. The molecule has 0 unspecified atom stereocenters. The third kappa shape index (κ3) is 2.72. The fourth-order valence-corrected chi connectivity index (χ4v) is 1.39. The number of rotatable bonds is 1. The van der Waals surface area contributed by atoms with Gasteiger partial charge >= 0.3 is 0 Å². The van der Waals surface area contributed by atoms with Crippen molar-refractivity contribution in [3.8, 4) is 0 Å². The van der Waals surface area contributed by atoms with E-state index in [0.29, 0.717) is 10.9 Å². The first-order valence-electron chi connectivity index (χ1n) is 5.47. The van der Waals surface area contributed by atoms with Gasteiger partial charge in [-0.2, -0.15) is 0 Å². The molecule has 4 heteroatoms. The van der Waals surface area contributed by atoms with Crippen LogP contribution in [0.1, 0.15) is 25.2 Å². The Balaban J connectivity index is 0.000000686. The average molecular weight is 232 g/mol. The fourth-order valence-electron chi connectivity index (χ4n) is 1.39. The third-order valence-electron chi connectivity index (χ3n) is 2.13. The summed E-state index contributed by atoms with van der Waals surface area (Å²) >= 11 is 0. The molecule has 0 bridgehead atoms. The van der Waals surface area contributed by atoms with Crippen LogP contribution in [0.3, 0.4) is 0 Å². The van der Waals surface area contributed by atoms with E-state index in [9.17, 15) is 4.79 Å². The molecule has 0 aliphatic carbocycles. The largest absolute Gasteiger partial charge is 0.505 e. The van der Waals surface area contributed by atoms with E-state index in [2.05, 4.69) is 16.5 Å². The molecule has 0 radical (unpaired) electrons. The predicted molar refractivity (Wildman–Crippen MR) is 70.1 cm³/mol. The maximum Gasteiger partial charge on any atom is 0.259 e. The minimum atomic E-state index is -0.270. The van der Waals surface area contributed by atoms with E-state index in [1.165, 1.54) is 0 Å². The molecular weight excluding hydrogens is 216 g/mol. The summed E-state index contributed by atoms with van der Waals surface area (Å²) in [6, 6.07) is 5.36. The molecule has 2 rings (SSSR count). The van der Waals surface area contributed by atoms with Crippen molar-refractivity contribution in [3.63, 3.8) is 0 Å². The number of aliphatic hydroxyl groups excluding tert-OH is 1. The zero-order valence-corrected chi connectivity index (χ0v) is 10.2. The number of nitrogens with one attached hydrogen (secondary N) is 1. The summed E-state index contributed by atoms with van der Waals surface area (Å²) < 4.78 is 0. The van der Waals surface area contributed by atoms with Crippen molar-refractivity contribution >= 4 is 16.7 Å². The van der Waals surface area contributed by atoms with Crippen LogP contribution in [0.2, 0.25) is 0 Å². The highest BCUT2D eigenvalue weighted by Gasteiger charge is 2.05. The van der Waals surface area contributed by atoms with E-state index in [1.54, 1.807) is 12.1 Å². The highest BCUT2D eigenvalue weighted by Crippen LogP contribution is 2.11. The fraction of sp³-hybridized carbons (Fsp3) is 0.231. The van der Waals surface area contributed by atoms with E-state index in [0.717, 1.165) is 5.56 Å². The van der Waals surface area contributed by atoms with Crippen LogP contribution in [-0.4, -0.2) is 15.1 Å². The van der Waals surface area contributed by atoms with Crippen molar-refractivity contribution in [2.45, 2.75) is 20.8 Å². The van der Waals surface area contributed by atoms with Gasteiger partial charge in [-0.25, -0.2) is 4.98 Å². The van der Waals surface area contributed by atoms with E-state index < -0.39 is 0 Å². The first-order chi connectivity index (χ1) is 8.08. The standard InChI is InChI=1S/C11H10N2O2.C2H6/c1-6-3-4-9-8(5-6)11(15)13-10(12-9)7(2)14;1-2/h3-5,14H,2H2,1H3,(H,12,13,15);1-2H3. The molecule has 1 aromatic carbocycles. The van der Waals surface area contributed by atoms with Crippen LogP contribution in [0.15, 0.2) is 29.6 Å². The lowest BCUT2D eigenvalue weighted by molar-refractivity contribution is 0.507. The molecule has 2 N–H and O–H groups in total. The summed E-state index contributed by atoms with van der Waals surface area (Å²) in [7, 11) is 0. The van der Waals surface area contributed by atoms with Gasteiger partial charge in [0.1, 0.15) is 0 Å². The Kier molecular flexibility index (Phi) is 4.04. The third-order valence-corrected chi connectivity index (χ3v) is 2.13. The van der Waals surface area contributed by atoms with Crippen molar-refractivity contribution < 1.29 is 5.11 Å². The highest BCUT2D eigenvalue weighted by atomic mass is 16.3. The second-order valence-corrected chi connectivity index (χ2v) is 3.38. The van der Waals surface area contributed by atoms with Crippen molar-refractivity contribution in [3.05, 3.63) is 46.5 Å². The molecule has 0 fully saturated rings. The molecule has 0 aliphatic heterocycles. The van der Waals surface area contributed by atoms with Crippen LogP contribution in [0.4, 0.5) is 0 Å². The van der Waals surface area contributed by atoms with Gasteiger partial charge in [0.25, 0.3) is 5.56 Å². The quantitative estimate of drug-likeness (QED) is 0.743. The molecule has 90 valence electrons. The van der Waals surface area contributed by atoms with Crippen molar-refractivity contribution in [1.29, 1.82) is 0 Å². The summed E-state index contributed by atoms with van der Waals surface area (Å²) in [4.78, 5) is 18.1. The summed E-state index contributed by atoms with van der Waals surface area (Å²) in [5.41, 5.74) is 1.27. The van der Waals surface area contributed by atoms with Gasteiger partial charge in [0.15, 0.2) is 11.6 Å². The molecule has 1 aromatic heterocycles. The van der Waals surface area contributed by atoms with Crippen LogP contribution in [0.25, 0.3) is 16.7 Å². The topological polar surface area (TPSA) is 66.0 Å². The predicted octanol–water partition coefficient (Wildman–Crippen LogP) is 2.79. The molecule has 1 heterocycles. The van der Waals surface area contributed by atoms with Gasteiger partial charge in [-0.1, -0.05) is 32.1 Å². The van der Waals surface area contributed by atoms with Crippen LogP contribution in [-0.2, 0) is 0 Å². The summed E-state index contributed by atoms with van der Waals surface area (Å²) in [5.74, 6) is -0.133. The number of hydrogen-bond donors (Lipinski definition) is 2. The van der Waals surface area contributed by atoms with Gasteiger partial charge in [-0.3, -0.25) is 4.79 Å². The van der Waals surface area contributed by atoms with Gasteiger partial charge in [0, 0.05) is 0 Å². The second-order valence-electron chi connectivity index (χ2n) is 3.38. The number of fused-ring (bicyclic) bond motifs is 1. The maximum atomic E-state index is 11.6. The lowest BCUT2D eigenvalue weighted by atomic mass is 10.2. The maximum absolute atomic E-state index is 11.6. The van der Waals surface area contributed by atoms with E-state index in [-0.39, 0.29) is 17.1 Å². The number of nitrogens with zero attached hydrogens (tertiary/aromatic N) is 1. The number of aliphatic hydroxyl groups is 1. The van der Waals surface area contributed by atoms with Crippen molar-refractivity contribution in [2.75, 3.05) is 0 Å². The zero-order valence-electron chi connectivity index (χ0n) is 10.2. The Bertz CT molecular complexity index is 600. The van der Waals surface area contributed by atoms with Crippen LogP contribution in [0, 0.1) is 6.92 Å². The van der Waals surface area contributed by atoms with Crippen molar-refractivity contribution in [1.82, 2.24) is 9.97 Å². The van der Waals surface area contributed by atoms with Crippen LogP contribution in [0.5, 0.6) is 0 Å². The molecule has 17 heavy (non-hydrogen) atoms. The van der Waals surface area contributed by atoms with E-state index in [4.69, 9.17) is 5.11 Å². The Hall–Kier alpha value is -2.10. The van der Waals surface area contributed by atoms with E-state index >= 15 is 0 Å². The molecular formula is C13H16N2O2. The molecule has 0 saturated heterocycles. The summed E-state index contributed by atoms with van der Waals surface area (Å²) in [6.45, 7) is 9.21. The van der Waals surface area contributed by atoms with Gasteiger partial charge in [-0.05, 0) is 19.1 Å². The number of aromatic nitrogens is 2. The van der Waals surface area contributed by atoms with Crippen LogP contribution < -0.4 is 5.56 Å². The molecule has 2 aromatic rings. The Morgan fingerprint density at radius 3 is 2.65 bits per heavy atom. The summed E-state index contributed by atoms with van der Waals surface area (Å²) in [5, 5.41) is 9.65. The number of aryl methyl sites for hydroxylation is 1. The minimum absolute atomic E-state index is 0.108. The molecule has 4 nitrogen and oxygen atoms in total. The van der Waals surface area contributed by atoms with Crippen molar-refractivity contribution in [2.24, 2.45) is 0 Å². The monoisotopic (exact) mass is 232 g/mol. The Morgan fingerprint density at radius 2 is 2.06 bits per heavy atom. The Labute approximate surface area is 99.6 Å². The van der Waals surface area contributed by atoms with Crippen LogP contribution >= 0.6 is 0 Å². The van der Waals surface area contributed by atoms with Gasteiger partial charge in [0.05, 0.1) is 10.9 Å². The zero-order chi connectivity index (χ0) is 13.0. The van der Waals surface area contributed by atoms with Gasteiger partial charge in [0.2, 0.25) is 0 Å². The first-order valence-corrected chi connectivity index (χ1v) is 5.47. The smallest absolute Gasteiger partial charge is 0.259 e.